The summed E-state index contributed by atoms with van der Waals surface area (Å²) in [7, 11) is 1.58. The van der Waals surface area contributed by atoms with Gasteiger partial charge in [-0.3, -0.25) is 14.9 Å². The van der Waals surface area contributed by atoms with E-state index in [4.69, 9.17) is 25.5 Å². The number of rotatable bonds is 7. The van der Waals surface area contributed by atoms with Crippen LogP contribution in [0.2, 0.25) is 5.02 Å². The molecule has 1 fully saturated rings. The molecule has 3 heterocycles. The topological polar surface area (TPSA) is 81.0 Å². The number of nitrogens with one attached hydrogen (secondary N) is 1. The molecule has 1 aromatic heterocycles. The summed E-state index contributed by atoms with van der Waals surface area (Å²) < 4.78 is 17.9. The van der Waals surface area contributed by atoms with Crippen molar-refractivity contribution in [1.82, 2.24) is 10.2 Å². The van der Waals surface area contributed by atoms with Gasteiger partial charge in [0, 0.05) is 39.5 Å². The summed E-state index contributed by atoms with van der Waals surface area (Å²) in [6.07, 6.45) is 3.45. The van der Waals surface area contributed by atoms with Crippen LogP contribution in [0.3, 0.4) is 0 Å². The number of hydrogen-bond donors (Lipinski definition) is 1. The quantitative estimate of drug-likeness (QED) is 0.258. The highest BCUT2D eigenvalue weighted by atomic mass is 35.5. The Balaban J connectivity index is 1.44. The van der Waals surface area contributed by atoms with E-state index in [-0.39, 0.29) is 5.56 Å². The Bertz CT molecular complexity index is 1520. The molecule has 3 aromatic carbocycles. The number of amides is 2. The first-order chi connectivity index (χ1) is 17.5. The molecule has 2 aliphatic rings. The summed E-state index contributed by atoms with van der Waals surface area (Å²) >= 11 is 6.45. The molecule has 0 unspecified atom stereocenters. The highest BCUT2D eigenvalue weighted by molar-refractivity contribution is 6.35. The second kappa shape index (κ2) is 9.15. The molecule has 0 saturated carbocycles. The summed E-state index contributed by atoms with van der Waals surface area (Å²) in [5, 5.41) is 4.16. The van der Waals surface area contributed by atoms with E-state index < -0.39 is 11.8 Å². The van der Waals surface area contributed by atoms with Crippen molar-refractivity contribution in [3.8, 4) is 22.6 Å². The van der Waals surface area contributed by atoms with E-state index in [1.54, 1.807) is 25.3 Å². The lowest BCUT2D eigenvalue weighted by molar-refractivity contribution is 0.0880. The number of imide groups is 1. The fourth-order valence-corrected chi connectivity index (χ4v) is 5.52. The average molecular weight is 505 g/mol. The molecule has 8 heteroatoms. The Kier molecular flexibility index (Phi) is 5.82. The van der Waals surface area contributed by atoms with Crippen LogP contribution in [-0.4, -0.2) is 50.1 Å². The molecule has 2 aliphatic heterocycles. The number of nitrogens with zero attached hydrogens (tertiary/aromatic N) is 1. The summed E-state index contributed by atoms with van der Waals surface area (Å²) in [6, 6.07) is 12.6. The molecule has 1 saturated heterocycles. The Morgan fingerprint density at radius 2 is 1.75 bits per heavy atom. The van der Waals surface area contributed by atoms with Crippen molar-refractivity contribution in [2.45, 2.75) is 19.3 Å². The van der Waals surface area contributed by atoms with E-state index in [0.717, 1.165) is 26.1 Å². The minimum atomic E-state index is -0.460. The van der Waals surface area contributed by atoms with Crippen LogP contribution in [0.25, 0.3) is 33.1 Å². The largest absolute Gasteiger partial charge is 0.493 e. The molecule has 184 valence electrons. The fourth-order valence-electron chi connectivity index (χ4n) is 5.28. The van der Waals surface area contributed by atoms with Gasteiger partial charge in [0.05, 0.1) is 24.8 Å². The fraction of sp³-hybridized carbons (Fsp3) is 0.286. The standard InChI is InChI=1S/C28H25ClN2O5/c1-34-21-14-18-20(15-22(21)35-12-6-11-31-9-4-5-10-31)36-23-13-17(16-7-2-3-8-19(16)29)25-26(24(18)23)28(33)30-27(25)32/h2-3,7-8,13-15H,4-6,9-12H2,1H3,(H,30,32,33). The third-order valence-electron chi connectivity index (χ3n) is 6.97. The van der Waals surface area contributed by atoms with Crippen LogP contribution in [0.1, 0.15) is 40.0 Å². The molecule has 7 nitrogen and oxygen atoms in total. The first kappa shape index (κ1) is 22.9. The Labute approximate surface area is 212 Å². The molecule has 0 spiro atoms. The van der Waals surface area contributed by atoms with Gasteiger partial charge >= 0.3 is 0 Å². The van der Waals surface area contributed by atoms with Gasteiger partial charge in [-0.2, -0.15) is 0 Å². The minimum Gasteiger partial charge on any atom is -0.493 e. The Morgan fingerprint density at radius 3 is 2.53 bits per heavy atom. The molecule has 4 aromatic rings. The van der Waals surface area contributed by atoms with Gasteiger partial charge in [-0.05, 0) is 50.6 Å². The minimum absolute atomic E-state index is 0.285. The zero-order valence-electron chi connectivity index (χ0n) is 19.9. The molecular formula is C28H25ClN2O5. The average Bonchev–Trinajstić information content (AvgIpc) is 3.58. The number of carbonyl (C=O) groups is 2. The highest BCUT2D eigenvalue weighted by Gasteiger charge is 2.35. The molecule has 0 bridgehead atoms. The van der Waals surface area contributed by atoms with Crippen LogP contribution in [0.15, 0.2) is 46.9 Å². The second-order valence-electron chi connectivity index (χ2n) is 9.16. The predicted octanol–water partition coefficient (Wildman–Crippen LogP) is 5.66. The van der Waals surface area contributed by atoms with Gasteiger partial charge < -0.3 is 18.8 Å². The maximum atomic E-state index is 12.9. The number of hydrogen-bond acceptors (Lipinski definition) is 6. The van der Waals surface area contributed by atoms with Gasteiger partial charge in [-0.1, -0.05) is 29.8 Å². The van der Waals surface area contributed by atoms with E-state index in [1.165, 1.54) is 12.8 Å². The van der Waals surface area contributed by atoms with Crippen molar-refractivity contribution in [2.75, 3.05) is 33.4 Å². The molecule has 6 rings (SSSR count). The summed E-state index contributed by atoms with van der Waals surface area (Å²) in [5.41, 5.74) is 2.82. The van der Waals surface area contributed by atoms with E-state index in [0.29, 0.717) is 61.8 Å². The van der Waals surface area contributed by atoms with Crippen LogP contribution in [0.5, 0.6) is 11.5 Å². The van der Waals surface area contributed by atoms with Gasteiger partial charge in [0.15, 0.2) is 11.5 Å². The van der Waals surface area contributed by atoms with Crippen molar-refractivity contribution in [2.24, 2.45) is 0 Å². The van der Waals surface area contributed by atoms with Crippen LogP contribution in [0, 0.1) is 0 Å². The Morgan fingerprint density at radius 1 is 0.972 bits per heavy atom. The van der Waals surface area contributed by atoms with Crippen molar-refractivity contribution in [3.05, 3.63) is 58.6 Å². The SMILES string of the molecule is COc1cc2c(cc1OCCCN1CCCC1)oc1cc(-c3ccccc3Cl)c3c(c12)C(=O)NC3=O. The first-order valence-corrected chi connectivity index (χ1v) is 12.5. The zero-order chi connectivity index (χ0) is 24.8. The molecule has 1 N–H and O–H groups in total. The van der Waals surface area contributed by atoms with Crippen molar-refractivity contribution >= 4 is 45.4 Å². The molecule has 2 amide bonds. The zero-order valence-corrected chi connectivity index (χ0v) is 20.6. The third-order valence-corrected chi connectivity index (χ3v) is 7.30. The first-order valence-electron chi connectivity index (χ1n) is 12.1. The predicted molar refractivity (Wildman–Crippen MR) is 138 cm³/mol. The Hall–Kier alpha value is -3.55. The van der Waals surface area contributed by atoms with Crippen LogP contribution in [-0.2, 0) is 0 Å². The third kappa shape index (κ3) is 3.79. The van der Waals surface area contributed by atoms with Gasteiger partial charge in [0.1, 0.15) is 11.2 Å². The summed E-state index contributed by atoms with van der Waals surface area (Å²) in [5.74, 6) is 0.206. The molecule has 0 radical (unpaired) electrons. The monoisotopic (exact) mass is 504 g/mol. The van der Waals surface area contributed by atoms with E-state index in [9.17, 15) is 9.59 Å². The number of furan rings is 1. The number of benzene rings is 3. The van der Waals surface area contributed by atoms with Crippen molar-refractivity contribution < 1.29 is 23.5 Å². The molecule has 0 atom stereocenters. The lowest BCUT2D eigenvalue weighted by Gasteiger charge is -2.15. The maximum absolute atomic E-state index is 12.9. The van der Waals surface area contributed by atoms with Gasteiger partial charge in [-0.15, -0.1) is 0 Å². The molecular weight excluding hydrogens is 480 g/mol. The van der Waals surface area contributed by atoms with Gasteiger partial charge in [0.2, 0.25) is 0 Å². The van der Waals surface area contributed by atoms with E-state index in [2.05, 4.69) is 10.2 Å². The number of fused-ring (bicyclic) bond motifs is 5. The van der Waals surface area contributed by atoms with Crippen molar-refractivity contribution in [1.29, 1.82) is 0 Å². The van der Waals surface area contributed by atoms with E-state index >= 15 is 0 Å². The lowest BCUT2D eigenvalue weighted by atomic mass is 9.93. The van der Waals surface area contributed by atoms with Gasteiger partial charge in [-0.25, -0.2) is 0 Å². The number of likely N-dealkylation sites (tertiary alicyclic amines) is 1. The molecule has 36 heavy (non-hydrogen) atoms. The molecule has 0 aliphatic carbocycles. The maximum Gasteiger partial charge on any atom is 0.259 e. The lowest BCUT2D eigenvalue weighted by Crippen LogP contribution is -2.21. The normalized spacial score (nSPS) is 15.6. The van der Waals surface area contributed by atoms with Crippen molar-refractivity contribution in [3.63, 3.8) is 0 Å². The number of ether oxygens (including phenoxy) is 2. The summed E-state index contributed by atoms with van der Waals surface area (Å²) in [6.45, 7) is 3.88. The number of halogens is 1. The smallest absolute Gasteiger partial charge is 0.259 e. The number of methoxy groups -OCH3 is 1. The van der Waals surface area contributed by atoms with Crippen LogP contribution in [0.4, 0.5) is 0 Å². The number of carbonyl (C=O) groups excluding carboxylic acids is 2. The van der Waals surface area contributed by atoms with Gasteiger partial charge in [0.25, 0.3) is 11.8 Å². The van der Waals surface area contributed by atoms with Crippen LogP contribution < -0.4 is 14.8 Å². The summed E-state index contributed by atoms with van der Waals surface area (Å²) in [4.78, 5) is 28.2. The second-order valence-corrected chi connectivity index (χ2v) is 9.57. The van der Waals surface area contributed by atoms with E-state index in [1.807, 2.05) is 24.3 Å². The van der Waals surface area contributed by atoms with Crippen LogP contribution >= 0.6 is 11.6 Å². The highest BCUT2D eigenvalue weighted by Crippen LogP contribution is 2.44.